The van der Waals surface area contributed by atoms with E-state index in [2.05, 4.69) is 5.43 Å². The van der Waals surface area contributed by atoms with E-state index in [0.29, 0.717) is 6.42 Å². The summed E-state index contributed by atoms with van der Waals surface area (Å²) in [5.74, 6) is 5.77. The highest BCUT2D eigenvalue weighted by molar-refractivity contribution is 7.99. The smallest absolute Gasteiger partial charge is 0.233 e. The Morgan fingerprint density at radius 2 is 2.25 bits per heavy atom. The molecule has 0 saturated heterocycles. The van der Waals surface area contributed by atoms with E-state index in [4.69, 9.17) is 11.6 Å². The summed E-state index contributed by atoms with van der Waals surface area (Å²) in [6.07, 6.45) is 1.29. The fraction of sp³-hybridized carbons (Fsp3) is 0.364. The molecule has 0 atom stereocenters. The first-order valence-electron chi connectivity index (χ1n) is 5.12. The Hall–Kier alpha value is -1.20. The molecule has 1 rings (SSSR count). The second kappa shape index (κ2) is 6.40. The zero-order valence-electron chi connectivity index (χ0n) is 9.32. The number of hydrogen-bond acceptors (Lipinski definition) is 4. The van der Waals surface area contributed by atoms with Gasteiger partial charge < -0.3 is 5.73 Å². The van der Waals surface area contributed by atoms with Crippen molar-refractivity contribution in [2.24, 2.45) is 5.84 Å². The van der Waals surface area contributed by atoms with Gasteiger partial charge in [-0.05, 0) is 42.9 Å². The minimum atomic E-state index is -0.116. The Balaban J connectivity index is 2.35. The topological polar surface area (TPSA) is 81.1 Å². The predicted octanol–water partition coefficient (Wildman–Crippen LogP) is 1.44. The number of benzene rings is 1. The third kappa shape index (κ3) is 4.12. The van der Waals surface area contributed by atoms with Gasteiger partial charge in [0.05, 0.1) is 0 Å². The molecule has 0 heterocycles. The molecule has 0 fully saturated rings. The number of nitrogens with two attached hydrogens (primary N) is 2. The summed E-state index contributed by atoms with van der Waals surface area (Å²) in [6.45, 7) is 2.03. The molecule has 4 nitrogen and oxygen atoms in total. The van der Waals surface area contributed by atoms with Gasteiger partial charge in [0, 0.05) is 17.0 Å². The molecule has 88 valence electrons. The summed E-state index contributed by atoms with van der Waals surface area (Å²) in [5.41, 5.74) is 9.74. The molecule has 5 heteroatoms. The molecule has 1 amide bonds. The van der Waals surface area contributed by atoms with E-state index in [1.807, 2.05) is 25.1 Å². The molecule has 0 bridgehead atoms. The lowest BCUT2D eigenvalue weighted by molar-refractivity contribution is -0.121. The van der Waals surface area contributed by atoms with Crippen LogP contribution in [0.25, 0.3) is 0 Å². The van der Waals surface area contributed by atoms with Crippen molar-refractivity contribution in [2.45, 2.75) is 24.7 Å². The zero-order valence-corrected chi connectivity index (χ0v) is 10.1. The van der Waals surface area contributed by atoms with Crippen molar-refractivity contribution in [2.75, 3.05) is 11.5 Å². The van der Waals surface area contributed by atoms with Crippen LogP contribution in [0.4, 0.5) is 5.69 Å². The maximum absolute atomic E-state index is 10.9. The molecular weight excluding hydrogens is 222 g/mol. The quantitative estimate of drug-likeness (QED) is 0.181. The van der Waals surface area contributed by atoms with E-state index < -0.39 is 0 Å². The molecule has 0 saturated carbocycles. The van der Waals surface area contributed by atoms with Crippen LogP contribution in [-0.4, -0.2) is 11.7 Å². The molecule has 0 spiro atoms. The summed E-state index contributed by atoms with van der Waals surface area (Å²) in [7, 11) is 0. The van der Waals surface area contributed by atoms with Gasteiger partial charge in [-0.15, -0.1) is 11.8 Å². The summed E-state index contributed by atoms with van der Waals surface area (Å²) in [4.78, 5) is 12.1. The molecule has 0 unspecified atom stereocenters. The maximum atomic E-state index is 10.9. The number of aryl methyl sites for hydroxylation is 1. The number of thioether (sulfide) groups is 1. The van der Waals surface area contributed by atoms with Gasteiger partial charge in [-0.25, -0.2) is 5.84 Å². The summed E-state index contributed by atoms with van der Waals surface area (Å²) in [5, 5.41) is 0. The monoisotopic (exact) mass is 239 g/mol. The van der Waals surface area contributed by atoms with Crippen molar-refractivity contribution in [1.82, 2.24) is 5.43 Å². The van der Waals surface area contributed by atoms with Gasteiger partial charge in [-0.2, -0.15) is 0 Å². The van der Waals surface area contributed by atoms with Crippen molar-refractivity contribution >= 4 is 23.4 Å². The van der Waals surface area contributed by atoms with Crippen molar-refractivity contribution in [3.63, 3.8) is 0 Å². The van der Waals surface area contributed by atoms with Crippen LogP contribution < -0.4 is 17.0 Å². The van der Waals surface area contributed by atoms with Crippen LogP contribution >= 0.6 is 11.8 Å². The van der Waals surface area contributed by atoms with E-state index in [1.165, 1.54) is 10.5 Å². The lowest BCUT2D eigenvalue weighted by atomic mass is 10.2. The highest BCUT2D eigenvalue weighted by Gasteiger charge is 2.01. The van der Waals surface area contributed by atoms with Crippen molar-refractivity contribution in [3.05, 3.63) is 23.8 Å². The highest BCUT2D eigenvalue weighted by Crippen LogP contribution is 2.24. The molecule has 0 aliphatic heterocycles. The van der Waals surface area contributed by atoms with Gasteiger partial charge in [0.25, 0.3) is 0 Å². The normalized spacial score (nSPS) is 10.1. The summed E-state index contributed by atoms with van der Waals surface area (Å²) in [6, 6.07) is 5.86. The van der Waals surface area contributed by atoms with Gasteiger partial charge in [0.1, 0.15) is 0 Å². The SMILES string of the molecule is Cc1cc(N)ccc1SCCCC(=O)NN. The first-order valence-corrected chi connectivity index (χ1v) is 6.10. The minimum Gasteiger partial charge on any atom is -0.399 e. The van der Waals surface area contributed by atoms with Gasteiger partial charge in [-0.3, -0.25) is 10.2 Å². The van der Waals surface area contributed by atoms with Crippen LogP contribution in [0.3, 0.4) is 0 Å². The maximum Gasteiger partial charge on any atom is 0.233 e. The van der Waals surface area contributed by atoms with Gasteiger partial charge in [-0.1, -0.05) is 0 Å². The summed E-state index contributed by atoms with van der Waals surface area (Å²) >= 11 is 1.73. The number of carbonyl (C=O) groups excluding carboxylic acids is 1. The average Bonchev–Trinajstić information content (AvgIpc) is 2.26. The Labute approximate surface area is 99.7 Å². The number of carbonyl (C=O) groups is 1. The molecule has 1 aromatic rings. The number of amides is 1. The predicted molar refractivity (Wildman–Crippen MR) is 67.9 cm³/mol. The Morgan fingerprint density at radius 1 is 1.50 bits per heavy atom. The van der Waals surface area contributed by atoms with E-state index in [1.54, 1.807) is 11.8 Å². The fourth-order valence-electron chi connectivity index (χ4n) is 1.32. The molecule has 0 aliphatic rings. The van der Waals surface area contributed by atoms with Crippen LogP contribution in [-0.2, 0) is 4.79 Å². The van der Waals surface area contributed by atoms with Gasteiger partial charge in [0.2, 0.25) is 5.91 Å². The molecular formula is C11H17N3OS. The van der Waals surface area contributed by atoms with Crippen LogP contribution in [0.5, 0.6) is 0 Å². The van der Waals surface area contributed by atoms with E-state index in [-0.39, 0.29) is 5.91 Å². The molecule has 0 aromatic heterocycles. The van der Waals surface area contributed by atoms with Crippen LogP contribution in [0, 0.1) is 6.92 Å². The molecule has 5 N–H and O–H groups in total. The fourth-order valence-corrected chi connectivity index (χ4v) is 2.28. The first-order chi connectivity index (χ1) is 7.63. The third-order valence-corrected chi connectivity index (χ3v) is 3.43. The largest absolute Gasteiger partial charge is 0.399 e. The number of rotatable bonds is 5. The number of nitrogens with one attached hydrogen (secondary N) is 1. The third-order valence-electron chi connectivity index (χ3n) is 2.17. The standard InChI is InChI=1S/C11H17N3OS/c1-8-7-9(12)4-5-10(8)16-6-2-3-11(15)14-13/h4-5,7H,2-3,6,12-13H2,1H3,(H,14,15). The van der Waals surface area contributed by atoms with Gasteiger partial charge in [0.15, 0.2) is 0 Å². The molecule has 1 aromatic carbocycles. The summed E-state index contributed by atoms with van der Waals surface area (Å²) < 4.78 is 0. The zero-order chi connectivity index (χ0) is 12.0. The molecule has 0 radical (unpaired) electrons. The number of hydrogen-bond donors (Lipinski definition) is 3. The van der Waals surface area contributed by atoms with Crippen LogP contribution in [0.15, 0.2) is 23.1 Å². The van der Waals surface area contributed by atoms with E-state index >= 15 is 0 Å². The number of anilines is 1. The van der Waals surface area contributed by atoms with Crippen LogP contribution in [0.2, 0.25) is 0 Å². The average molecular weight is 239 g/mol. The van der Waals surface area contributed by atoms with E-state index in [0.717, 1.165) is 17.9 Å². The number of hydrazine groups is 1. The molecule has 0 aliphatic carbocycles. The van der Waals surface area contributed by atoms with Crippen molar-refractivity contribution in [1.29, 1.82) is 0 Å². The Kier molecular flexibility index (Phi) is 5.14. The lowest BCUT2D eigenvalue weighted by Gasteiger charge is -2.06. The Morgan fingerprint density at radius 3 is 2.88 bits per heavy atom. The van der Waals surface area contributed by atoms with Crippen molar-refractivity contribution in [3.8, 4) is 0 Å². The number of nitrogen functional groups attached to an aromatic ring is 1. The van der Waals surface area contributed by atoms with Crippen molar-refractivity contribution < 1.29 is 4.79 Å². The molecule has 16 heavy (non-hydrogen) atoms. The lowest BCUT2D eigenvalue weighted by Crippen LogP contribution is -2.29. The minimum absolute atomic E-state index is 0.116. The second-order valence-electron chi connectivity index (χ2n) is 3.54. The van der Waals surface area contributed by atoms with Crippen LogP contribution in [0.1, 0.15) is 18.4 Å². The Bertz CT molecular complexity index is 368. The van der Waals surface area contributed by atoms with E-state index in [9.17, 15) is 4.79 Å². The second-order valence-corrected chi connectivity index (χ2v) is 4.68. The first kappa shape index (κ1) is 12.9. The highest BCUT2D eigenvalue weighted by atomic mass is 32.2. The van der Waals surface area contributed by atoms with Gasteiger partial charge >= 0.3 is 0 Å².